The summed E-state index contributed by atoms with van der Waals surface area (Å²) in [6.45, 7) is 3.83. The van der Waals surface area contributed by atoms with Crippen molar-refractivity contribution in [2.45, 2.75) is 51.7 Å². The first-order valence-corrected chi connectivity index (χ1v) is 6.38. The largest absolute Gasteiger partial charge is 0.389 e. The molecule has 98 valence electrons. The third-order valence-electron chi connectivity index (χ3n) is 2.24. The summed E-state index contributed by atoms with van der Waals surface area (Å²) in [4.78, 5) is 0. The van der Waals surface area contributed by atoms with Gasteiger partial charge in [0.05, 0.1) is 0 Å². The van der Waals surface area contributed by atoms with E-state index in [2.05, 4.69) is 15.5 Å². The highest BCUT2D eigenvalue weighted by molar-refractivity contribution is 7.15. The Morgan fingerprint density at radius 2 is 2.06 bits per heavy atom. The quantitative estimate of drug-likeness (QED) is 0.855. The van der Waals surface area contributed by atoms with Crippen LogP contribution in [0.1, 0.15) is 38.1 Å². The van der Waals surface area contributed by atoms with Gasteiger partial charge in [0.1, 0.15) is 5.01 Å². The number of nitrogens with one attached hydrogen (secondary N) is 1. The SMILES string of the molecule is CCc1nnc(NC(C)CCCC(F)(F)F)s1. The Morgan fingerprint density at radius 3 is 2.59 bits per heavy atom. The molecule has 1 atom stereocenters. The zero-order chi connectivity index (χ0) is 12.9. The van der Waals surface area contributed by atoms with E-state index in [1.807, 2.05) is 13.8 Å². The minimum atomic E-state index is -4.06. The molecule has 1 unspecified atom stereocenters. The Labute approximate surface area is 102 Å². The third kappa shape index (κ3) is 5.86. The predicted octanol–water partition coefficient (Wildman–Crippen LogP) is 3.63. The minimum absolute atomic E-state index is 0.0185. The Balaban J connectivity index is 2.27. The fourth-order valence-electron chi connectivity index (χ4n) is 1.35. The highest BCUT2D eigenvalue weighted by Gasteiger charge is 2.26. The zero-order valence-corrected chi connectivity index (χ0v) is 10.7. The summed E-state index contributed by atoms with van der Waals surface area (Å²) in [5.41, 5.74) is 0. The van der Waals surface area contributed by atoms with Gasteiger partial charge in [-0.3, -0.25) is 0 Å². The third-order valence-corrected chi connectivity index (χ3v) is 3.24. The van der Waals surface area contributed by atoms with Crippen molar-refractivity contribution in [1.29, 1.82) is 0 Å². The molecule has 1 aromatic heterocycles. The number of rotatable bonds is 6. The Kier molecular flexibility index (Phi) is 5.17. The number of hydrogen-bond acceptors (Lipinski definition) is 4. The normalized spacial score (nSPS) is 13.7. The van der Waals surface area contributed by atoms with E-state index in [-0.39, 0.29) is 12.5 Å². The smallest absolute Gasteiger partial charge is 0.358 e. The molecule has 17 heavy (non-hydrogen) atoms. The molecule has 0 amide bonds. The number of anilines is 1. The fourth-order valence-corrected chi connectivity index (χ4v) is 2.14. The lowest BCUT2D eigenvalue weighted by molar-refractivity contribution is -0.135. The molecule has 0 saturated carbocycles. The summed E-state index contributed by atoms with van der Waals surface area (Å²) in [5, 5.41) is 12.5. The van der Waals surface area contributed by atoms with E-state index in [0.29, 0.717) is 11.6 Å². The molecule has 1 rings (SSSR count). The highest BCUT2D eigenvalue weighted by atomic mass is 32.1. The van der Waals surface area contributed by atoms with Gasteiger partial charge in [-0.25, -0.2) is 0 Å². The number of halogens is 3. The molecular formula is C10H16F3N3S. The molecular weight excluding hydrogens is 251 g/mol. The molecule has 0 aliphatic carbocycles. The van der Waals surface area contributed by atoms with Gasteiger partial charge >= 0.3 is 6.18 Å². The molecule has 0 spiro atoms. The monoisotopic (exact) mass is 267 g/mol. The van der Waals surface area contributed by atoms with Crippen LogP contribution in [0, 0.1) is 0 Å². The van der Waals surface area contributed by atoms with Crippen LogP contribution in [-0.4, -0.2) is 22.4 Å². The summed E-state index contributed by atoms with van der Waals surface area (Å²) in [6.07, 6.45) is -3.35. The average molecular weight is 267 g/mol. The lowest BCUT2D eigenvalue weighted by Gasteiger charge is -2.12. The van der Waals surface area contributed by atoms with E-state index >= 15 is 0 Å². The molecule has 1 N–H and O–H groups in total. The van der Waals surface area contributed by atoms with Crippen molar-refractivity contribution >= 4 is 16.5 Å². The summed E-state index contributed by atoms with van der Waals surface area (Å²) in [6, 6.07) is -0.0185. The van der Waals surface area contributed by atoms with Crippen LogP contribution in [0.4, 0.5) is 18.3 Å². The van der Waals surface area contributed by atoms with Gasteiger partial charge in [-0.05, 0) is 26.2 Å². The maximum atomic E-state index is 11.9. The van der Waals surface area contributed by atoms with Gasteiger partial charge in [-0.2, -0.15) is 13.2 Å². The van der Waals surface area contributed by atoms with Crippen molar-refractivity contribution in [3.63, 3.8) is 0 Å². The van der Waals surface area contributed by atoms with E-state index < -0.39 is 12.6 Å². The van der Waals surface area contributed by atoms with Crippen LogP contribution < -0.4 is 5.32 Å². The van der Waals surface area contributed by atoms with Crippen molar-refractivity contribution in [3.8, 4) is 0 Å². The summed E-state index contributed by atoms with van der Waals surface area (Å²) < 4.78 is 35.8. The second-order valence-electron chi connectivity index (χ2n) is 3.91. The first kappa shape index (κ1) is 14.2. The molecule has 0 radical (unpaired) electrons. The number of alkyl halides is 3. The van der Waals surface area contributed by atoms with Crippen molar-refractivity contribution in [1.82, 2.24) is 10.2 Å². The first-order valence-electron chi connectivity index (χ1n) is 5.56. The lowest BCUT2D eigenvalue weighted by Crippen LogP contribution is -2.16. The highest BCUT2D eigenvalue weighted by Crippen LogP contribution is 2.23. The maximum Gasteiger partial charge on any atom is 0.389 e. The van der Waals surface area contributed by atoms with Crippen LogP contribution >= 0.6 is 11.3 Å². The maximum absolute atomic E-state index is 11.9. The molecule has 0 bridgehead atoms. The van der Waals surface area contributed by atoms with Gasteiger partial charge < -0.3 is 5.32 Å². The molecule has 3 nitrogen and oxygen atoms in total. The lowest BCUT2D eigenvalue weighted by atomic mass is 10.1. The van der Waals surface area contributed by atoms with E-state index in [1.54, 1.807) is 0 Å². The van der Waals surface area contributed by atoms with Crippen LogP contribution in [0.3, 0.4) is 0 Å². The Hall–Kier alpha value is -0.850. The molecule has 0 aliphatic heterocycles. The zero-order valence-electron chi connectivity index (χ0n) is 9.84. The van der Waals surface area contributed by atoms with Gasteiger partial charge in [-0.1, -0.05) is 18.3 Å². The molecule has 1 aromatic rings. The van der Waals surface area contributed by atoms with Gasteiger partial charge in [-0.15, -0.1) is 10.2 Å². The van der Waals surface area contributed by atoms with Crippen LogP contribution in [0.5, 0.6) is 0 Å². The van der Waals surface area contributed by atoms with Gasteiger partial charge in [0.15, 0.2) is 0 Å². The van der Waals surface area contributed by atoms with Gasteiger partial charge in [0.25, 0.3) is 0 Å². The fraction of sp³-hybridized carbons (Fsp3) is 0.800. The number of nitrogens with zero attached hydrogens (tertiary/aromatic N) is 2. The van der Waals surface area contributed by atoms with Crippen LogP contribution in [-0.2, 0) is 6.42 Å². The van der Waals surface area contributed by atoms with Crippen molar-refractivity contribution in [3.05, 3.63) is 5.01 Å². The van der Waals surface area contributed by atoms with Crippen molar-refractivity contribution in [2.75, 3.05) is 5.32 Å². The number of hydrogen-bond donors (Lipinski definition) is 1. The second-order valence-corrected chi connectivity index (χ2v) is 4.97. The summed E-state index contributed by atoms with van der Waals surface area (Å²) >= 11 is 1.44. The first-order chi connectivity index (χ1) is 7.90. The van der Waals surface area contributed by atoms with E-state index in [1.165, 1.54) is 11.3 Å². The standard InChI is InChI=1S/C10H16F3N3S/c1-3-8-15-16-9(17-8)14-7(2)5-4-6-10(11,12)13/h7H,3-6H2,1-2H3,(H,14,16). The van der Waals surface area contributed by atoms with Gasteiger partial charge in [0.2, 0.25) is 5.13 Å². The number of aromatic nitrogens is 2. The molecule has 0 aromatic carbocycles. The van der Waals surface area contributed by atoms with Crippen molar-refractivity contribution < 1.29 is 13.2 Å². The second kappa shape index (κ2) is 6.18. The summed E-state index contributed by atoms with van der Waals surface area (Å²) in [5.74, 6) is 0. The number of aryl methyl sites for hydroxylation is 1. The summed E-state index contributed by atoms with van der Waals surface area (Å²) in [7, 11) is 0. The van der Waals surface area contributed by atoms with E-state index in [0.717, 1.165) is 11.4 Å². The molecule has 0 saturated heterocycles. The molecule has 7 heteroatoms. The van der Waals surface area contributed by atoms with E-state index in [4.69, 9.17) is 0 Å². The Bertz CT molecular complexity index is 338. The topological polar surface area (TPSA) is 37.8 Å². The molecule has 0 aliphatic rings. The average Bonchev–Trinajstić information content (AvgIpc) is 2.63. The Morgan fingerprint density at radius 1 is 1.35 bits per heavy atom. The molecule has 1 heterocycles. The van der Waals surface area contributed by atoms with Gasteiger partial charge in [0, 0.05) is 12.5 Å². The van der Waals surface area contributed by atoms with Crippen LogP contribution in [0.25, 0.3) is 0 Å². The minimum Gasteiger partial charge on any atom is -0.358 e. The van der Waals surface area contributed by atoms with Crippen LogP contribution in [0.15, 0.2) is 0 Å². The van der Waals surface area contributed by atoms with E-state index in [9.17, 15) is 13.2 Å². The predicted molar refractivity (Wildman–Crippen MR) is 62.3 cm³/mol. The molecule has 0 fully saturated rings. The van der Waals surface area contributed by atoms with Crippen molar-refractivity contribution in [2.24, 2.45) is 0 Å². The van der Waals surface area contributed by atoms with Crippen LogP contribution in [0.2, 0.25) is 0 Å².